The van der Waals surface area contributed by atoms with Crippen LogP contribution in [0.3, 0.4) is 0 Å². The lowest BCUT2D eigenvalue weighted by atomic mass is 10.0. The Labute approximate surface area is 324 Å². The molecule has 0 rings (SSSR count). The van der Waals surface area contributed by atoms with Crippen LogP contribution < -0.4 is 5.32 Å². The number of allylic oxidation sites excluding steroid dienone is 9. The second kappa shape index (κ2) is 43.5. The van der Waals surface area contributed by atoms with Gasteiger partial charge >= 0.3 is 0 Å². The van der Waals surface area contributed by atoms with E-state index in [0.717, 1.165) is 51.4 Å². The Morgan fingerprint density at radius 1 is 0.481 bits per heavy atom. The second-order valence-corrected chi connectivity index (χ2v) is 15.1. The van der Waals surface area contributed by atoms with Crippen molar-refractivity contribution < 1.29 is 15.0 Å². The molecule has 4 nitrogen and oxygen atoms in total. The predicted molar refractivity (Wildman–Crippen MR) is 230 cm³/mol. The molecular weight excluding hydrogens is 639 g/mol. The Bertz CT molecular complexity index is 873. The van der Waals surface area contributed by atoms with E-state index in [4.69, 9.17) is 0 Å². The molecule has 0 aliphatic heterocycles. The molecule has 0 aromatic carbocycles. The number of aliphatic hydroxyl groups excluding tert-OH is 2. The van der Waals surface area contributed by atoms with Crippen molar-refractivity contribution in [3.8, 4) is 0 Å². The number of hydrogen-bond acceptors (Lipinski definition) is 3. The largest absolute Gasteiger partial charge is 0.394 e. The Balaban J connectivity index is 3.60. The van der Waals surface area contributed by atoms with E-state index >= 15 is 0 Å². The van der Waals surface area contributed by atoms with Gasteiger partial charge in [-0.3, -0.25) is 4.79 Å². The van der Waals surface area contributed by atoms with Gasteiger partial charge in [-0.25, -0.2) is 0 Å². The maximum Gasteiger partial charge on any atom is 0.220 e. The Morgan fingerprint density at radius 3 is 1.27 bits per heavy atom. The molecule has 0 aromatic heterocycles. The van der Waals surface area contributed by atoms with Crippen LogP contribution in [0.4, 0.5) is 0 Å². The van der Waals surface area contributed by atoms with Crippen molar-refractivity contribution in [2.45, 2.75) is 231 Å². The van der Waals surface area contributed by atoms with Gasteiger partial charge in [0.2, 0.25) is 5.91 Å². The third-order valence-corrected chi connectivity index (χ3v) is 10.0. The first-order valence-corrected chi connectivity index (χ1v) is 22.5. The van der Waals surface area contributed by atoms with Gasteiger partial charge in [-0.1, -0.05) is 216 Å². The summed E-state index contributed by atoms with van der Waals surface area (Å²) in [5.74, 6) is -0.0736. The molecule has 0 aliphatic rings. The van der Waals surface area contributed by atoms with E-state index in [9.17, 15) is 15.0 Å². The van der Waals surface area contributed by atoms with Gasteiger partial charge in [-0.15, -0.1) is 0 Å². The molecule has 0 heterocycles. The minimum atomic E-state index is -0.845. The third-order valence-electron chi connectivity index (χ3n) is 10.0. The van der Waals surface area contributed by atoms with E-state index in [2.05, 4.69) is 67.8 Å². The van der Waals surface area contributed by atoms with Crippen LogP contribution in [0.25, 0.3) is 0 Å². The molecule has 0 radical (unpaired) electrons. The lowest BCUT2D eigenvalue weighted by Crippen LogP contribution is -2.45. The van der Waals surface area contributed by atoms with Crippen LogP contribution in [0.2, 0.25) is 0 Å². The molecule has 2 unspecified atom stereocenters. The fourth-order valence-electron chi connectivity index (χ4n) is 6.58. The van der Waals surface area contributed by atoms with Crippen LogP contribution in [0, 0.1) is 0 Å². The van der Waals surface area contributed by atoms with Gasteiger partial charge in [0, 0.05) is 6.42 Å². The van der Waals surface area contributed by atoms with Gasteiger partial charge in [0.05, 0.1) is 18.8 Å². The highest BCUT2D eigenvalue weighted by atomic mass is 16.3. The molecule has 1 amide bonds. The first-order valence-electron chi connectivity index (χ1n) is 22.5. The number of unbranched alkanes of at least 4 members (excludes halogenated alkanes) is 25. The van der Waals surface area contributed by atoms with Crippen molar-refractivity contribution >= 4 is 5.91 Å². The Morgan fingerprint density at radius 2 is 0.846 bits per heavy atom. The minimum absolute atomic E-state index is 0.0736. The summed E-state index contributed by atoms with van der Waals surface area (Å²) in [6.07, 6.45) is 60.4. The molecule has 302 valence electrons. The quantitative estimate of drug-likeness (QED) is 0.0435. The number of nitrogens with one attached hydrogen (secondary N) is 1. The lowest BCUT2D eigenvalue weighted by Gasteiger charge is -2.20. The zero-order valence-electron chi connectivity index (χ0n) is 34.6. The SMILES string of the molecule is CC/C=C\C/C=C\C/C=C\C/C=C\CCCCCCCCCCC(=O)NC(CO)C(O)/C=C/CCCCCCCCCCCCCCCCCCC. The van der Waals surface area contributed by atoms with Crippen LogP contribution in [-0.4, -0.2) is 34.9 Å². The van der Waals surface area contributed by atoms with Crippen molar-refractivity contribution in [2.24, 2.45) is 0 Å². The highest BCUT2D eigenvalue weighted by Gasteiger charge is 2.17. The monoisotopic (exact) mass is 726 g/mol. The van der Waals surface area contributed by atoms with Gasteiger partial charge in [-0.2, -0.15) is 0 Å². The van der Waals surface area contributed by atoms with E-state index in [1.54, 1.807) is 6.08 Å². The van der Waals surface area contributed by atoms with Gasteiger partial charge in [0.1, 0.15) is 0 Å². The number of hydrogen-bond donors (Lipinski definition) is 3. The summed E-state index contributed by atoms with van der Waals surface area (Å²) < 4.78 is 0. The molecule has 2 atom stereocenters. The smallest absolute Gasteiger partial charge is 0.220 e. The topological polar surface area (TPSA) is 69.6 Å². The highest BCUT2D eigenvalue weighted by Crippen LogP contribution is 2.15. The molecular formula is C48H87NO3. The summed E-state index contributed by atoms with van der Waals surface area (Å²) in [5, 5.41) is 23.0. The molecule has 0 aromatic rings. The van der Waals surface area contributed by atoms with Gasteiger partial charge < -0.3 is 15.5 Å². The van der Waals surface area contributed by atoms with E-state index in [-0.39, 0.29) is 12.5 Å². The average molecular weight is 726 g/mol. The first kappa shape index (κ1) is 50.1. The molecule has 4 heteroatoms. The number of aliphatic hydroxyl groups is 2. The van der Waals surface area contributed by atoms with Crippen LogP contribution in [-0.2, 0) is 4.79 Å². The molecule has 0 saturated carbocycles. The molecule has 0 saturated heterocycles. The minimum Gasteiger partial charge on any atom is -0.394 e. The molecule has 3 N–H and O–H groups in total. The van der Waals surface area contributed by atoms with Gasteiger partial charge in [0.15, 0.2) is 0 Å². The summed E-state index contributed by atoms with van der Waals surface area (Å²) in [6.45, 7) is 4.20. The summed E-state index contributed by atoms with van der Waals surface area (Å²) in [6, 6.07) is -0.629. The third kappa shape index (κ3) is 39.3. The van der Waals surface area contributed by atoms with Crippen LogP contribution in [0.1, 0.15) is 219 Å². The fourth-order valence-corrected chi connectivity index (χ4v) is 6.58. The summed E-state index contributed by atoms with van der Waals surface area (Å²) in [4.78, 5) is 12.4. The maximum atomic E-state index is 12.4. The van der Waals surface area contributed by atoms with Crippen molar-refractivity contribution in [1.82, 2.24) is 5.32 Å². The molecule has 0 spiro atoms. The maximum absolute atomic E-state index is 12.4. The predicted octanol–water partition coefficient (Wildman–Crippen LogP) is 14.1. The molecule has 0 aliphatic carbocycles. The van der Waals surface area contributed by atoms with E-state index in [1.165, 1.54) is 148 Å². The zero-order valence-corrected chi connectivity index (χ0v) is 34.6. The number of carbonyl (C=O) groups excluding carboxylic acids is 1. The highest BCUT2D eigenvalue weighted by molar-refractivity contribution is 5.76. The lowest BCUT2D eigenvalue weighted by molar-refractivity contribution is -0.123. The van der Waals surface area contributed by atoms with Gasteiger partial charge in [0.25, 0.3) is 0 Å². The van der Waals surface area contributed by atoms with Crippen molar-refractivity contribution in [2.75, 3.05) is 6.61 Å². The first-order chi connectivity index (χ1) is 25.7. The molecule has 0 fully saturated rings. The van der Waals surface area contributed by atoms with Crippen LogP contribution in [0.15, 0.2) is 60.8 Å². The zero-order chi connectivity index (χ0) is 37.8. The molecule has 52 heavy (non-hydrogen) atoms. The normalized spacial score (nSPS) is 13.5. The van der Waals surface area contributed by atoms with Crippen molar-refractivity contribution in [1.29, 1.82) is 0 Å². The second-order valence-electron chi connectivity index (χ2n) is 15.1. The fraction of sp³-hybridized carbons (Fsp3) is 0.771. The summed E-state index contributed by atoms with van der Waals surface area (Å²) in [5.41, 5.74) is 0. The Hall–Kier alpha value is -1.91. The van der Waals surface area contributed by atoms with Crippen molar-refractivity contribution in [3.63, 3.8) is 0 Å². The molecule has 0 bridgehead atoms. The average Bonchev–Trinajstić information content (AvgIpc) is 3.15. The number of carbonyl (C=O) groups is 1. The number of amides is 1. The van der Waals surface area contributed by atoms with Crippen LogP contribution in [0.5, 0.6) is 0 Å². The van der Waals surface area contributed by atoms with Crippen LogP contribution >= 0.6 is 0 Å². The van der Waals surface area contributed by atoms with E-state index in [1.807, 2.05) is 6.08 Å². The summed E-state index contributed by atoms with van der Waals surface area (Å²) >= 11 is 0. The van der Waals surface area contributed by atoms with E-state index < -0.39 is 12.1 Å². The standard InChI is InChI=1S/C48H87NO3/c1-3-5-7-9-11-13-15-17-19-21-23-24-26-28-30-32-34-36-38-40-42-44-48(52)49-46(45-50)47(51)43-41-39-37-35-33-31-29-27-25-22-20-18-16-14-12-10-8-6-4-2/h5,7,11,13,17,19,23-24,41,43,46-47,50-51H,3-4,6,8-10,12,14-16,18,20-22,25-40,42,44-45H2,1-2H3,(H,49,52)/b7-5-,13-11-,19-17-,24-23-,43-41+. The summed E-state index contributed by atoms with van der Waals surface area (Å²) in [7, 11) is 0. The number of rotatable bonds is 40. The van der Waals surface area contributed by atoms with Gasteiger partial charge in [-0.05, 0) is 57.8 Å². The Kier molecular flexibility index (Phi) is 41.9. The van der Waals surface area contributed by atoms with Crippen molar-refractivity contribution in [3.05, 3.63) is 60.8 Å². The van der Waals surface area contributed by atoms with E-state index in [0.29, 0.717) is 6.42 Å².